The highest BCUT2D eigenvalue weighted by Crippen LogP contribution is 2.36. The fourth-order valence-corrected chi connectivity index (χ4v) is 2.69. The third-order valence-electron chi connectivity index (χ3n) is 4.33. The summed E-state index contributed by atoms with van der Waals surface area (Å²) in [6, 6.07) is 3.63. The lowest BCUT2D eigenvalue weighted by Crippen LogP contribution is -2.43. The van der Waals surface area contributed by atoms with Gasteiger partial charge in [0.1, 0.15) is 0 Å². The lowest BCUT2D eigenvalue weighted by molar-refractivity contribution is -0.211. The fraction of sp³-hybridized carbons (Fsp3) is 0.278. The van der Waals surface area contributed by atoms with E-state index in [1.807, 2.05) is 0 Å². The van der Waals surface area contributed by atoms with Crippen LogP contribution in [0.4, 0.5) is 19.0 Å². The van der Waals surface area contributed by atoms with Crippen LogP contribution in [0.2, 0.25) is 0 Å². The molecule has 2 unspecified atom stereocenters. The van der Waals surface area contributed by atoms with Gasteiger partial charge >= 0.3 is 0 Å². The zero-order chi connectivity index (χ0) is 20.6. The molecule has 2 aromatic heterocycles. The Kier molecular flexibility index (Phi) is 5.09. The predicted octanol–water partition coefficient (Wildman–Crippen LogP) is 2.74. The van der Waals surface area contributed by atoms with Crippen molar-refractivity contribution >= 4 is 5.82 Å². The molecule has 7 nitrogen and oxygen atoms in total. The van der Waals surface area contributed by atoms with E-state index in [1.165, 1.54) is 18.5 Å². The van der Waals surface area contributed by atoms with Gasteiger partial charge < -0.3 is 20.4 Å². The summed E-state index contributed by atoms with van der Waals surface area (Å²) in [4.78, 5) is 12.4. The molecular weight excluding hydrogens is 377 g/mol. The van der Waals surface area contributed by atoms with E-state index in [2.05, 4.69) is 15.0 Å². The first-order valence-corrected chi connectivity index (χ1v) is 8.14. The highest BCUT2D eigenvalue weighted by molar-refractivity contribution is 5.71. The number of hydrogen-bond donors (Lipinski definition) is 3. The summed E-state index contributed by atoms with van der Waals surface area (Å²) in [5.41, 5.74) is 3.26. The number of nitrogen functional groups attached to an aromatic ring is 1. The smallest absolute Gasteiger partial charge is 0.276 e. The van der Waals surface area contributed by atoms with Crippen LogP contribution in [-0.2, 0) is 5.60 Å². The van der Waals surface area contributed by atoms with Gasteiger partial charge in [0.25, 0.3) is 6.43 Å². The average Bonchev–Trinajstić information content (AvgIpc) is 3.07. The zero-order valence-electron chi connectivity index (χ0n) is 14.9. The summed E-state index contributed by atoms with van der Waals surface area (Å²) in [7, 11) is 0. The van der Waals surface area contributed by atoms with Gasteiger partial charge in [0.05, 0.1) is 18.1 Å². The Morgan fingerprint density at radius 3 is 2.43 bits per heavy atom. The highest BCUT2D eigenvalue weighted by Gasteiger charge is 2.47. The van der Waals surface area contributed by atoms with Gasteiger partial charge in [0, 0.05) is 12.5 Å². The highest BCUT2D eigenvalue weighted by atomic mass is 19.3. The quantitative estimate of drug-likeness (QED) is 0.609. The van der Waals surface area contributed by atoms with Crippen LogP contribution in [0, 0.1) is 13.8 Å². The third kappa shape index (κ3) is 3.32. The number of aromatic nitrogens is 3. The molecule has 0 bridgehead atoms. The first-order valence-electron chi connectivity index (χ1n) is 8.14. The Bertz CT molecular complexity index is 999. The summed E-state index contributed by atoms with van der Waals surface area (Å²) >= 11 is 0. The van der Waals surface area contributed by atoms with Crippen LogP contribution in [0.3, 0.4) is 0 Å². The second-order valence-corrected chi connectivity index (χ2v) is 6.22. The largest absolute Gasteiger partial charge is 0.439 e. The van der Waals surface area contributed by atoms with E-state index in [4.69, 9.17) is 15.3 Å². The average molecular weight is 394 g/mol. The minimum atomic E-state index is -3.56. The molecule has 0 saturated carbocycles. The van der Waals surface area contributed by atoms with Crippen molar-refractivity contribution in [3.63, 3.8) is 0 Å². The molecule has 0 fully saturated rings. The number of aliphatic hydroxyl groups is 2. The second kappa shape index (κ2) is 7.21. The molecule has 0 aliphatic carbocycles. The van der Waals surface area contributed by atoms with Gasteiger partial charge in [-0.05, 0) is 24.1 Å². The van der Waals surface area contributed by atoms with Crippen molar-refractivity contribution in [2.24, 2.45) is 0 Å². The number of hydrogen-bond acceptors (Lipinski definition) is 7. The lowest BCUT2D eigenvalue weighted by atomic mass is 9.90. The van der Waals surface area contributed by atoms with Crippen molar-refractivity contribution in [1.82, 2.24) is 15.0 Å². The molecule has 1 aromatic carbocycles. The Morgan fingerprint density at radius 2 is 1.86 bits per heavy atom. The molecule has 3 aromatic rings. The van der Waals surface area contributed by atoms with Gasteiger partial charge in [-0.15, -0.1) is 0 Å². The Hall–Kier alpha value is -2.98. The van der Waals surface area contributed by atoms with Crippen LogP contribution in [0.5, 0.6) is 0 Å². The molecule has 0 aliphatic heterocycles. The topological polar surface area (TPSA) is 118 Å². The summed E-state index contributed by atoms with van der Waals surface area (Å²) in [6.07, 6.45) is -4.03. The molecule has 0 saturated heterocycles. The summed E-state index contributed by atoms with van der Waals surface area (Å²) in [6.45, 7) is 3.31. The van der Waals surface area contributed by atoms with E-state index in [-0.39, 0.29) is 23.0 Å². The van der Waals surface area contributed by atoms with Crippen molar-refractivity contribution < 1.29 is 27.8 Å². The molecule has 2 heterocycles. The van der Waals surface area contributed by atoms with Crippen molar-refractivity contribution in [3.05, 3.63) is 47.6 Å². The molecule has 0 amide bonds. The molecule has 0 aliphatic rings. The number of anilines is 1. The van der Waals surface area contributed by atoms with E-state index in [0.717, 1.165) is 12.1 Å². The van der Waals surface area contributed by atoms with Crippen molar-refractivity contribution in [1.29, 1.82) is 0 Å². The number of alkyl halides is 3. The fourth-order valence-electron chi connectivity index (χ4n) is 2.69. The van der Waals surface area contributed by atoms with E-state index in [0.29, 0.717) is 17.0 Å². The van der Waals surface area contributed by atoms with Gasteiger partial charge in [-0.25, -0.2) is 28.1 Å². The molecule has 0 radical (unpaired) electrons. The SMILES string of the molecule is Cc1ncc(-c2nc(-c3cc(C(O)(C(O)F)C(F)F)ccc3C)cnc2N)o1. The number of aryl methyl sites for hydroxylation is 2. The maximum atomic E-state index is 13.4. The van der Waals surface area contributed by atoms with E-state index >= 15 is 0 Å². The maximum Gasteiger partial charge on any atom is 0.276 e. The van der Waals surface area contributed by atoms with Crippen LogP contribution < -0.4 is 5.73 Å². The minimum absolute atomic E-state index is 0.0666. The number of benzene rings is 1. The first kappa shape index (κ1) is 19.8. The molecule has 148 valence electrons. The van der Waals surface area contributed by atoms with E-state index in [1.54, 1.807) is 13.8 Å². The van der Waals surface area contributed by atoms with Gasteiger partial charge in [-0.1, -0.05) is 12.1 Å². The normalized spacial score (nSPS) is 14.9. The number of aliphatic hydroxyl groups excluding tert-OH is 1. The van der Waals surface area contributed by atoms with Crippen LogP contribution in [0.25, 0.3) is 22.7 Å². The van der Waals surface area contributed by atoms with Gasteiger partial charge in [0.15, 0.2) is 23.2 Å². The Labute approximate surface area is 157 Å². The molecule has 10 heteroatoms. The van der Waals surface area contributed by atoms with E-state index < -0.39 is 23.9 Å². The minimum Gasteiger partial charge on any atom is -0.439 e. The lowest BCUT2D eigenvalue weighted by Gasteiger charge is -2.28. The Balaban J connectivity index is 2.15. The van der Waals surface area contributed by atoms with Gasteiger partial charge in [-0.3, -0.25) is 0 Å². The molecule has 4 N–H and O–H groups in total. The molecular formula is C18H17F3N4O3. The van der Waals surface area contributed by atoms with Crippen LogP contribution >= 0.6 is 0 Å². The molecule has 2 atom stereocenters. The van der Waals surface area contributed by atoms with Crippen LogP contribution in [-0.4, -0.2) is 37.9 Å². The monoisotopic (exact) mass is 394 g/mol. The third-order valence-corrected chi connectivity index (χ3v) is 4.33. The molecule has 0 spiro atoms. The first-order chi connectivity index (χ1) is 13.1. The number of halogens is 3. The van der Waals surface area contributed by atoms with Crippen molar-refractivity contribution in [3.8, 4) is 22.7 Å². The summed E-state index contributed by atoms with van der Waals surface area (Å²) in [5, 5.41) is 19.1. The van der Waals surface area contributed by atoms with Crippen LogP contribution in [0.15, 0.2) is 35.0 Å². The summed E-state index contributed by atoms with van der Waals surface area (Å²) < 4.78 is 45.4. The summed E-state index contributed by atoms with van der Waals surface area (Å²) in [5.74, 6) is 0.720. The van der Waals surface area contributed by atoms with Gasteiger partial charge in [0.2, 0.25) is 12.0 Å². The van der Waals surface area contributed by atoms with Crippen molar-refractivity contribution in [2.45, 2.75) is 32.2 Å². The predicted molar refractivity (Wildman–Crippen MR) is 93.9 cm³/mol. The van der Waals surface area contributed by atoms with Crippen LogP contribution in [0.1, 0.15) is 17.0 Å². The van der Waals surface area contributed by atoms with Crippen molar-refractivity contribution in [2.75, 3.05) is 5.73 Å². The van der Waals surface area contributed by atoms with E-state index in [9.17, 15) is 18.3 Å². The number of nitrogens with zero attached hydrogens (tertiary/aromatic N) is 3. The number of rotatable bonds is 5. The zero-order valence-corrected chi connectivity index (χ0v) is 14.9. The second-order valence-electron chi connectivity index (χ2n) is 6.22. The number of oxazole rings is 1. The molecule has 28 heavy (non-hydrogen) atoms. The maximum absolute atomic E-state index is 13.4. The standard InChI is InChI=1S/C18H17F3N4O3/c1-8-3-4-10(18(27,16(19)20)17(21)26)5-11(8)12-6-24-15(22)14(25-12)13-7-23-9(2)28-13/h3-7,16-17,26-27H,1-2H3,(H2,22,24). The number of nitrogens with two attached hydrogens (primary N) is 1. The molecule has 3 rings (SSSR count). The Morgan fingerprint density at radius 1 is 1.14 bits per heavy atom. The van der Waals surface area contributed by atoms with Gasteiger partial charge in [-0.2, -0.15) is 0 Å².